The Labute approximate surface area is 90.5 Å². The Hall–Kier alpha value is -1.12. The van der Waals surface area contributed by atoms with Crippen molar-refractivity contribution < 1.29 is 4.79 Å². The average Bonchev–Trinajstić information content (AvgIpc) is 2.78. The molecule has 0 radical (unpaired) electrons. The highest BCUT2D eigenvalue weighted by molar-refractivity contribution is 5.77. The van der Waals surface area contributed by atoms with E-state index in [-0.39, 0.29) is 0 Å². The van der Waals surface area contributed by atoms with Crippen LogP contribution in [0.1, 0.15) is 47.4 Å². The van der Waals surface area contributed by atoms with Crippen LogP contribution in [-0.4, -0.2) is 16.1 Å². The second-order valence-electron chi connectivity index (χ2n) is 4.53. The molecular weight excluding hydrogens is 188 g/mol. The van der Waals surface area contributed by atoms with Gasteiger partial charge in [-0.1, -0.05) is 12.8 Å². The molecule has 3 nitrogen and oxygen atoms in total. The Morgan fingerprint density at radius 2 is 2.07 bits per heavy atom. The number of hydrogen-bond acceptors (Lipinski definition) is 2. The third-order valence-electron chi connectivity index (χ3n) is 3.46. The highest BCUT2D eigenvalue weighted by Crippen LogP contribution is 2.26. The molecule has 1 aromatic heterocycles. The highest BCUT2D eigenvalue weighted by Gasteiger charge is 2.18. The summed E-state index contributed by atoms with van der Waals surface area (Å²) in [6, 6.07) is 0. The van der Waals surface area contributed by atoms with Crippen LogP contribution in [0.2, 0.25) is 0 Å². The lowest BCUT2D eigenvalue weighted by Crippen LogP contribution is -2.10. The van der Waals surface area contributed by atoms with Gasteiger partial charge < -0.3 is 0 Å². The van der Waals surface area contributed by atoms with Crippen molar-refractivity contribution in [3.63, 3.8) is 0 Å². The van der Waals surface area contributed by atoms with Crippen molar-refractivity contribution >= 4 is 6.29 Å². The third kappa shape index (κ3) is 1.96. The third-order valence-corrected chi connectivity index (χ3v) is 3.46. The number of aromatic nitrogens is 2. The van der Waals surface area contributed by atoms with Crippen molar-refractivity contribution in [1.82, 2.24) is 9.78 Å². The summed E-state index contributed by atoms with van der Waals surface area (Å²) in [5, 5.41) is 4.43. The van der Waals surface area contributed by atoms with Crippen molar-refractivity contribution in [2.45, 2.75) is 46.1 Å². The second-order valence-corrected chi connectivity index (χ2v) is 4.53. The zero-order valence-electron chi connectivity index (χ0n) is 9.49. The minimum atomic E-state index is 0.766. The molecule has 1 aliphatic rings. The first-order valence-electron chi connectivity index (χ1n) is 5.71. The summed E-state index contributed by atoms with van der Waals surface area (Å²) < 4.78 is 2.01. The van der Waals surface area contributed by atoms with Crippen molar-refractivity contribution in [3.8, 4) is 0 Å². The van der Waals surface area contributed by atoms with Crippen molar-refractivity contribution in [3.05, 3.63) is 17.0 Å². The summed E-state index contributed by atoms with van der Waals surface area (Å²) in [6.45, 7) is 4.88. The topological polar surface area (TPSA) is 34.9 Å². The van der Waals surface area contributed by atoms with Gasteiger partial charge in [-0.15, -0.1) is 0 Å². The monoisotopic (exact) mass is 206 g/mol. The SMILES string of the molecule is Cc1nn(CC2CCCC2)c(C)c1C=O. The molecule has 0 saturated heterocycles. The van der Waals surface area contributed by atoms with Crippen molar-refractivity contribution in [2.75, 3.05) is 0 Å². The van der Waals surface area contributed by atoms with Crippen LogP contribution in [0.3, 0.4) is 0 Å². The fraction of sp³-hybridized carbons (Fsp3) is 0.667. The molecule has 15 heavy (non-hydrogen) atoms. The summed E-state index contributed by atoms with van der Waals surface area (Å²) in [4.78, 5) is 10.8. The van der Waals surface area contributed by atoms with Gasteiger partial charge in [0, 0.05) is 12.2 Å². The number of carbonyl (C=O) groups excluding carboxylic acids is 1. The minimum absolute atomic E-state index is 0.766. The molecule has 0 spiro atoms. The van der Waals surface area contributed by atoms with Gasteiger partial charge >= 0.3 is 0 Å². The molecule has 1 aromatic rings. The zero-order chi connectivity index (χ0) is 10.8. The van der Waals surface area contributed by atoms with E-state index < -0.39 is 0 Å². The summed E-state index contributed by atoms with van der Waals surface area (Å²) in [7, 11) is 0. The first-order valence-corrected chi connectivity index (χ1v) is 5.71. The Morgan fingerprint density at radius 1 is 1.40 bits per heavy atom. The van der Waals surface area contributed by atoms with Gasteiger partial charge in [-0.3, -0.25) is 9.48 Å². The van der Waals surface area contributed by atoms with Gasteiger partial charge in [-0.2, -0.15) is 5.10 Å². The maximum atomic E-state index is 10.8. The lowest BCUT2D eigenvalue weighted by molar-refractivity contribution is 0.112. The zero-order valence-corrected chi connectivity index (χ0v) is 9.49. The fourth-order valence-electron chi connectivity index (χ4n) is 2.50. The van der Waals surface area contributed by atoms with Crippen LogP contribution in [0.4, 0.5) is 0 Å². The van der Waals surface area contributed by atoms with Crippen molar-refractivity contribution in [2.24, 2.45) is 5.92 Å². The van der Waals surface area contributed by atoms with Crippen LogP contribution in [0.15, 0.2) is 0 Å². The molecule has 0 unspecified atom stereocenters. The molecule has 1 saturated carbocycles. The molecule has 0 N–H and O–H groups in total. The lowest BCUT2D eigenvalue weighted by atomic mass is 10.1. The van der Waals surface area contributed by atoms with Crippen LogP contribution < -0.4 is 0 Å². The molecule has 1 aliphatic carbocycles. The number of nitrogens with zero attached hydrogens (tertiary/aromatic N) is 2. The Kier molecular flexibility index (Phi) is 2.89. The second kappa shape index (κ2) is 4.17. The Bertz CT molecular complexity index is 362. The fourth-order valence-corrected chi connectivity index (χ4v) is 2.50. The smallest absolute Gasteiger partial charge is 0.153 e. The number of aryl methyl sites for hydroxylation is 1. The summed E-state index contributed by atoms with van der Waals surface area (Å²) in [5.41, 5.74) is 2.66. The molecule has 1 heterocycles. The average molecular weight is 206 g/mol. The van der Waals surface area contributed by atoms with E-state index in [1.807, 2.05) is 18.5 Å². The molecule has 0 amide bonds. The van der Waals surface area contributed by atoms with Gasteiger partial charge in [0.25, 0.3) is 0 Å². The van der Waals surface area contributed by atoms with Gasteiger partial charge in [0.15, 0.2) is 6.29 Å². The predicted octanol–water partition coefficient (Wildman–Crippen LogP) is 2.50. The minimum Gasteiger partial charge on any atom is -0.298 e. The van der Waals surface area contributed by atoms with Gasteiger partial charge in [0.2, 0.25) is 0 Å². The quantitative estimate of drug-likeness (QED) is 0.712. The molecular formula is C12H18N2O. The van der Waals surface area contributed by atoms with Gasteiger partial charge in [0.1, 0.15) is 0 Å². The molecule has 3 heteroatoms. The van der Waals surface area contributed by atoms with Crippen LogP contribution in [0.5, 0.6) is 0 Å². The molecule has 0 aliphatic heterocycles. The Morgan fingerprint density at radius 3 is 2.60 bits per heavy atom. The number of hydrogen-bond donors (Lipinski definition) is 0. The van der Waals surface area contributed by atoms with E-state index >= 15 is 0 Å². The van der Waals surface area contributed by atoms with Crippen molar-refractivity contribution in [1.29, 1.82) is 0 Å². The Balaban J connectivity index is 2.17. The predicted molar refractivity (Wildman–Crippen MR) is 59.0 cm³/mol. The first kappa shape index (κ1) is 10.4. The van der Waals surface area contributed by atoms with Gasteiger partial charge in [-0.05, 0) is 32.6 Å². The summed E-state index contributed by atoms with van der Waals surface area (Å²) >= 11 is 0. The van der Waals surface area contributed by atoms with Crippen LogP contribution in [0, 0.1) is 19.8 Å². The molecule has 0 atom stereocenters. The molecule has 2 rings (SSSR count). The molecule has 1 fully saturated rings. The summed E-state index contributed by atoms with van der Waals surface area (Å²) in [6.07, 6.45) is 6.25. The first-order chi connectivity index (χ1) is 7.22. The normalized spacial score (nSPS) is 17.2. The van der Waals surface area contributed by atoms with E-state index in [0.29, 0.717) is 0 Å². The van der Waals surface area contributed by atoms with E-state index in [4.69, 9.17) is 0 Å². The van der Waals surface area contributed by atoms with E-state index in [2.05, 4.69) is 5.10 Å². The maximum Gasteiger partial charge on any atom is 0.153 e. The largest absolute Gasteiger partial charge is 0.298 e. The van der Waals surface area contributed by atoms with Crippen LogP contribution in [0.25, 0.3) is 0 Å². The van der Waals surface area contributed by atoms with E-state index in [1.54, 1.807) is 0 Å². The van der Waals surface area contributed by atoms with E-state index in [1.165, 1.54) is 25.7 Å². The molecule has 0 bridgehead atoms. The standard InChI is InChI=1S/C12H18N2O/c1-9-12(8-15)10(2)14(13-9)7-11-5-3-4-6-11/h8,11H,3-7H2,1-2H3. The van der Waals surface area contributed by atoms with Gasteiger partial charge in [0.05, 0.1) is 11.3 Å². The highest BCUT2D eigenvalue weighted by atomic mass is 16.1. The molecule has 82 valence electrons. The van der Waals surface area contributed by atoms with Crippen LogP contribution >= 0.6 is 0 Å². The maximum absolute atomic E-state index is 10.8. The molecule has 0 aromatic carbocycles. The van der Waals surface area contributed by atoms with Gasteiger partial charge in [-0.25, -0.2) is 0 Å². The number of rotatable bonds is 3. The lowest BCUT2D eigenvalue weighted by Gasteiger charge is -2.10. The number of carbonyl (C=O) groups is 1. The summed E-state index contributed by atoms with van der Waals surface area (Å²) in [5.74, 6) is 0.766. The van der Waals surface area contributed by atoms with E-state index in [0.717, 1.165) is 35.7 Å². The number of aldehydes is 1. The van der Waals surface area contributed by atoms with E-state index in [9.17, 15) is 4.79 Å². The van der Waals surface area contributed by atoms with Crippen LogP contribution in [-0.2, 0) is 6.54 Å².